The minimum Gasteiger partial charge on any atom is -0.493 e. The number of carbonyl (C=O) groups excluding carboxylic acids is 1. The molecule has 0 radical (unpaired) electrons. The topological polar surface area (TPSA) is 85.4 Å². The number of ether oxygens (including phenoxy) is 2. The van der Waals surface area contributed by atoms with E-state index in [1.54, 1.807) is 32.4 Å². The van der Waals surface area contributed by atoms with Crippen LogP contribution in [0.3, 0.4) is 0 Å². The lowest BCUT2D eigenvalue weighted by Crippen LogP contribution is -2.13. The van der Waals surface area contributed by atoms with Crippen molar-refractivity contribution in [1.29, 1.82) is 0 Å². The lowest BCUT2D eigenvalue weighted by Gasteiger charge is -2.12. The number of anilines is 3. The zero-order valence-corrected chi connectivity index (χ0v) is 16.2. The van der Waals surface area contributed by atoms with Crippen molar-refractivity contribution in [2.45, 2.75) is 13.8 Å². The summed E-state index contributed by atoms with van der Waals surface area (Å²) in [6, 6.07) is 11.2. The summed E-state index contributed by atoms with van der Waals surface area (Å²) >= 11 is 0. The van der Waals surface area contributed by atoms with Crippen molar-refractivity contribution in [2.75, 3.05) is 24.9 Å². The first-order valence-electron chi connectivity index (χ1n) is 8.70. The molecule has 0 aliphatic heterocycles. The number of aromatic nitrogens is 2. The van der Waals surface area contributed by atoms with Crippen LogP contribution in [-0.2, 0) is 0 Å². The molecule has 28 heavy (non-hydrogen) atoms. The first kappa shape index (κ1) is 19.2. The molecule has 0 aliphatic carbocycles. The van der Waals surface area contributed by atoms with Crippen molar-refractivity contribution in [3.63, 3.8) is 0 Å². The molecule has 0 atom stereocenters. The summed E-state index contributed by atoms with van der Waals surface area (Å²) in [5.41, 5.74) is 4.09. The van der Waals surface area contributed by atoms with Crippen molar-refractivity contribution >= 4 is 23.2 Å². The molecule has 144 valence electrons. The SMILES string of the molecule is COc1ccc(NC(=O)c2cnc(Nc3c(C)cccc3C)nc2)cc1OC. The summed E-state index contributed by atoms with van der Waals surface area (Å²) in [6.45, 7) is 4.03. The van der Waals surface area contributed by atoms with Gasteiger partial charge in [-0.25, -0.2) is 9.97 Å². The number of rotatable bonds is 6. The second-order valence-corrected chi connectivity index (χ2v) is 6.21. The molecule has 2 N–H and O–H groups in total. The van der Waals surface area contributed by atoms with Crippen LogP contribution < -0.4 is 20.1 Å². The fourth-order valence-electron chi connectivity index (χ4n) is 2.75. The third-order valence-corrected chi connectivity index (χ3v) is 4.27. The summed E-state index contributed by atoms with van der Waals surface area (Å²) < 4.78 is 10.4. The van der Waals surface area contributed by atoms with Crippen molar-refractivity contribution in [3.05, 3.63) is 65.5 Å². The van der Waals surface area contributed by atoms with Crippen LogP contribution in [-0.4, -0.2) is 30.1 Å². The van der Waals surface area contributed by atoms with E-state index in [0.717, 1.165) is 16.8 Å². The van der Waals surface area contributed by atoms with Gasteiger partial charge in [0.25, 0.3) is 5.91 Å². The molecule has 0 saturated heterocycles. The van der Waals surface area contributed by atoms with Crippen LogP contribution in [0.4, 0.5) is 17.3 Å². The molecule has 0 aliphatic rings. The highest BCUT2D eigenvalue weighted by molar-refractivity contribution is 6.04. The van der Waals surface area contributed by atoms with E-state index < -0.39 is 0 Å². The monoisotopic (exact) mass is 378 g/mol. The smallest absolute Gasteiger partial charge is 0.258 e. The van der Waals surface area contributed by atoms with Crippen LogP contribution in [0, 0.1) is 13.8 Å². The lowest BCUT2D eigenvalue weighted by atomic mass is 10.1. The van der Waals surface area contributed by atoms with Gasteiger partial charge in [0, 0.05) is 29.8 Å². The molecule has 0 fully saturated rings. The van der Waals surface area contributed by atoms with Crippen LogP contribution in [0.1, 0.15) is 21.5 Å². The van der Waals surface area contributed by atoms with Crippen molar-refractivity contribution in [2.24, 2.45) is 0 Å². The number of aryl methyl sites for hydroxylation is 2. The fraction of sp³-hybridized carbons (Fsp3) is 0.190. The van der Waals surface area contributed by atoms with Gasteiger partial charge in [0.15, 0.2) is 11.5 Å². The Bertz CT molecular complexity index is 967. The highest BCUT2D eigenvalue weighted by atomic mass is 16.5. The quantitative estimate of drug-likeness (QED) is 0.671. The number of methoxy groups -OCH3 is 2. The molecule has 1 aromatic heterocycles. The van der Waals surface area contributed by atoms with Crippen molar-refractivity contribution < 1.29 is 14.3 Å². The number of hydrogen-bond acceptors (Lipinski definition) is 6. The van der Waals surface area contributed by atoms with Gasteiger partial charge in [0.1, 0.15) is 0 Å². The minimum absolute atomic E-state index is 0.314. The number of nitrogens with one attached hydrogen (secondary N) is 2. The Labute approximate surface area is 163 Å². The van der Waals surface area contributed by atoms with E-state index in [1.165, 1.54) is 12.4 Å². The second kappa shape index (κ2) is 8.39. The van der Waals surface area contributed by atoms with E-state index in [1.807, 2.05) is 32.0 Å². The van der Waals surface area contributed by atoms with Gasteiger partial charge >= 0.3 is 0 Å². The Morgan fingerprint density at radius 2 is 1.57 bits per heavy atom. The number of para-hydroxylation sites is 1. The molecule has 0 bridgehead atoms. The van der Waals surface area contributed by atoms with E-state index in [0.29, 0.717) is 28.7 Å². The first-order valence-corrected chi connectivity index (χ1v) is 8.70. The van der Waals surface area contributed by atoms with Gasteiger partial charge in [-0.1, -0.05) is 18.2 Å². The fourth-order valence-corrected chi connectivity index (χ4v) is 2.75. The largest absolute Gasteiger partial charge is 0.493 e. The van der Waals surface area contributed by atoms with Crippen LogP contribution in [0.2, 0.25) is 0 Å². The normalized spacial score (nSPS) is 10.3. The van der Waals surface area contributed by atoms with Gasteiger partial charge in [-0.2, -0.15) is 0 Å². The maximum Gasteiger partial charge on any atom is 0.258 e. The Hall–Kier alpha value is -3.61. The van der Waals surface area contributed by atoms with Crippen molar-refractivity contribution in [3.8, 4) is 11.5 Å². The summed E-state index contributed by atoms with van der Waals surface area (Å²) in [6.07, 6.45) is 2.97. The highest BCUT2D eigenvalue weighted by Crippen LogP contribution is 2.30. The zero-order valence-electron chi connectivity index (χ0n) is 16.2. The maximum absolute atomic E-state index is 12.5. The predicted molar refractivity (Wildman–Crippen MR) is 109 cm³/mol. The standard InChI is InChI=1S/C21H22N4O3/c1-13-6-5-7-14(2)19(13)25-21-22-11-15(12-23-21)20(26)24-16-8-9-17(27-3)18(10-16)28-4/h5-12H,1-4H3,(H,24,26)(H,22,23,25). The van der Waals surface area contributed by atoms with Gasteiger partial charge < -0.3 is 20.1 Å². The average Bonchev–Trinajstić information content (AvgIpc) is 2.71. The predicted octanol–water partition coefficient (Wildman–Crippen LogP) is 4.11. The molecule has 1 amide bonds. The highest BCUT2D eigenvalue weighted by Gasteiger charge is 2.11. The van der Waals surface area contributed by atoms with Crippen molar-refractivity contribution in [1.82, 2.24) is 9.97 Å². The van der Waals surface area contributed by atoms with Gasteiger partial charge in [-0.3, -0.25) is 4.79 Å². The zero-order chi connectivity index (χ0) is 20.1. The lowest BCUT2D eigenvalue weighted by molar-refractivity contribution is 0.102. The molecule has 7 nitrogen and oxygen atoms in total. The maximum atomic E-state index is 12.5. The van der Waals surface area contributed by atoms with Crippen LogP contribution in [0.5, 0.6) is 11.5 Å². The van der Waals surface area contributed by atoms with Gasteiger partial charge in [0.05, 0.1) is 19.8 Å². The summed E-state index contributed by atoms with van der Waals surface area (Å²) in [5, 5.41) is 6.00. The molecular weight excluding hydrogens is 356 g/mol. The van der Waals surface area contributed by atoms with E-state index in [4.69, 9.17) is 9.47 Å². The Morgan fingerprint density at radius 3 is 2.18 bits per heavy atom. The first-order chi connectivity index (χ1) is 13.5. The van der Waals surface area contributed by atoms with E-state index in [9.17, 15) is 4.79 Å². The molecule has 3 aromatic rings. The molecular formula is C21H22N4O3. The molecule has 1 heterocycles. The Morgan fingerprint density at radius 1 is 0.929 bits per heavy atom. The number of carbonyl (C=O) groups is 1. The van der Waals surface area contributed by atoms with Crippen LogP contribution in [0.25, 0.3) is 0 Å². The number of hydrogen-bond donors (Lipinski definition) is 2. The summed E-state index contributed by atoms with van der Waals surface area (Å²) in [5.74, 6) is 1.24. The third kappa shape index (κ3) is 4.20. The summed E-state index contributed by atoms with van der Waals surface area (Å²) in [4.78, 5) is 21.0. The Balaban J connectivity index is 1.72. The molecule has 0 spiro atoms. The van der Waals surface area contributed by atoms with E-state index in [-0.39, 0.29) is 5.91 Å². The van der Waals surface area contributed by atoms with Gasteiger partial charge in [-0.15, -0.1) is 0 Å². The molecule has 0 saturated carbocycles. The number of benzene rings is 2. The molecule has 2 aromatic carbocycles. The number of nitrogens with zero attached hydrogens (tertiary/aromatic N) is 2. The van der Waals surface area contributed by atoms with Gasteiger partial charge in [0.2, 0.25) is 5.95 Å². The molecule has 3 rings (SSSR count). The average molecular weight is 378 g/mol. The third-order valence-electron chi connectivity index (χ3n) is 4.27. The molecule has 7 heteroatoms. The minimum atomic E-state index is -0.314. The van der Waals surface area contributed by atoms with E-state index in [2.05, 4.69) is 20.6 Å². The van der Waals surface area contributed by atoms with Crippen LogP contribution >= 0.6 is 0 Å². The summed E-state index contributed by atoms with van der Waals surface area (Å²) in [7, 11) is 3.10. The van der Waals surface area contributed by atoms with Crippen LogP contribution in [0.15, 0.2) is 48.8 Å². The molecule has 0 unspecified atom stereocenters. The second-order valence-electron chi connectivity index (χ2n) is 6.21. The Kier molecular flexibility index (Phi) is 5.74. The number of amides is 1. The van der Waals surface area contributed by atoms with Gasteiger partial charge in [-0.05, 0) is 37.1 Å². The van der Waals surface area contributed by atoms with E-state index >= 15 is 0 Å².